The summed E-state index contributed by atoms with van der Waals surface area (Å²) in [6, 6.07) is 0. The van der Waals surface area contributed by atoms with Crippen LogP contribution in [0.25, 0.3) is 0 Å². The van der Waals surface area contributed by atoms with E-state index in [-0.39, 0.29) is 37.5 Å². The molecule has 0 aromatic heterocycles. The summed E-state index contributed by atoms with van der Waals surface area (Å²) in [5, 5.41) is 38.5. The van der Waals surface area contributed by atoms with Crippen LogP contribution in [0.1, 0.15) is 39.5 Å². The summed E-state index contributed by atoms with van der Waals surface area (Å²) in [5.74, 6) is -10.7. The summed E-state index contributed by atoms with van der Waals surface area (Å²) in [4.78, 5) is 73.8. The first-order valence-electron chi connectivity index (χ1n) is 10.5. The van der Waals surface area contributed by atoms with Gasteiger partial charge in [-0.2, -0.15) is 0 Å². The van der Waals surface area contributed by atoms with Crippen molar-refractivity contribution in [3.8, 4) is 0 Å². The number of ether oxygens (including phenoxy) is 1. The summed E-state index contributed by atoms with van der Waals surface area (Å²) in [7, 11) is 0. The summed E-state index contributed by atoms with van der Waals surface area (Å²) in [5.41, 5.74) is -5.70. The molecular weight excluding hydrogens is 440 g/mol. The minimum atomic E-state index is -1.85. The van der Waals surface area contributed by atoms with Gasteiger partial charge in [-0.05, 0) is 49.4 Å². The Bertz CT molecular complexity index is 1030. The van der Waals surface area contributed by atoms with E-state index in [0.717, 1.165) is 0 Å². The fourth-order valence-electron chi connectivity index (χ4n) is 6.76. The number of carboxylic acid groups (broad SMARTS) is 4. The molecule has 4 aliphatic rings. The summed E-state index contributed by atoms with van der Waals surface area (Å²) in [6.45, 7) is 3.35. The van der Waals surface area contributed by atoms with Crippen LogP contribution in [0.2, 0.25) is 0 Å². The van der Waals surface area contributed by atoms with Gasteiger partial charge in [0.05, 0.1) is 22.3 Å². The average molecular weight is 462 g/mol. The van der Waals surface area contributed by atoms with Gasteiger partial charge >= 0.3 is 35.8 Å². The van der Waals surface area contributed by atoms with Gasteiger partial charge in [0.15, 0.2) is 0 Å². The lowest BCUT2D eigenvalue weighted by molar-refractivity contribution is -0.173. The predicted octanol–water partition coefficient (Wildman–Crippen LogP) is 1.08. The molecule has 0 spiro atoms. The molecule has 0 aromatic carbocycles. The van der Waals surface area contributed by atoms with Crippen molar-refractivity contribution in [2.45, 2.75) is 39.5 Å². The zero-order chi connectivity index (χ0) is 24.6. The number of fused-ring (bicyclic) bond motifs is 4. The number of aliphatic carboxylic acids is 4. The fourth-order valence-corrected chi connectivity index (χ4v) is 6.76. The molecule has 2 saturated carbocycles. The highest BCUT2D eigenvalue weighted by Gasteiger charge is 2.66. The SMILES string of the molecule is CC1CC2(C(=O)OC(=O)C34CC(C)C(C3)C(C(=O)O)=C4C(=O)O)CC1C(C(=O)O)=C2C(=O)O. The minimum absolute atomic E-state index is 0.0315. The number of esters is 2. The second-order valence-corrected chi connectivity index (χ2v) is 9.62. The van der Waals surface area contributed by atoms with Gasteiger partial charge in [-0.25, -0.2) is 19.2 Å². The monoisotopic (exact) mass is 462 g/mol. The molecule has 0 aromatic rings. The smallest absolute Gasteiger partial charge is 0.333 e. The molecule has 4 bridgehead atoms. The van der Waals surface area contributed by atoms with E-state index in [1.165, 1.54) is 0 Å². The van der Waals surface area contributed by atoms with E-state index < -0.39 is 80.8 Å². The van der Waals surface area contributed by atoms with Gasteiger partial charge in [0.1, 0.15) is 10.8 Å². The summed E-state index contributed by atoms with van der Waals surface area (Å²) >= 11 is 0. The molecular formula is C22H22O11. The lowest BCUT2D eigenvalue weighted by Gasteiger charge is -2.31. The van der Waals surface area contributed by atoms with Crippen LogP contribution < -0.4 is 0 Å². The Morgan fingerprint density at radius 2 is 0.970 bits per heavy atom. The highest BCUT2D eigenvalue weighted by atomic mass is 16.6. The molecule has 11 heteroatoms. The molecule has 176 valence electrons. The minimum Gasteiger partial charge on any atom is -0.478 e. The van der Waals surface area contributed by atoms with Crippen LogP contribution in [-0.2, 0) is 33.5 Å². The molecule has 4 aliphatic carbocycles. The third kappa shape index (κ3) is 2.80. The fraction of sp³-hybridized carbons (Fsp3) is 0.545. The maximum absolute atomic E-state index is 13.3. The van der Waals surface area contributed by atoms with Crippen LogP contribution in [-0.4, -0.2) is 56.2 Å². The quantitative estimate of drug-likeness (QED) is 0.326. The molecule has 0 amide bonds. The Morgan fingerprint density at radius 1 is 0.636 bits per heavy atom. The molecule has 33 heavy (non-hydrogen) atoms. The van der Waals surface area contributed by atoms with E-state index in [2.05, 4.69) is 0 Å². The second-order valence-electron chi connectivity index (χ2n) is 9.62. The van der Waals surface area contributed by atoms with Crippen molar-refractivity contribution in [2.75, 3.05) is 0 Å². The Kier molecular flexibility index (Phi) is 4.81. The third-order valence-corrected chi connectivity index (χ3v) is 7.94. The number of carbonyl (C=O) groups excluding carboxylic acids is 2. The van der Waals surface area contributed by atoms with Gasteiger partial charge in [-0.1, -0.05) is 13.8 Å². The van der Waals surface area contributed by atoms with Crippen molar-refractivity contribution < 1.29 is 53.9 Å². The van der Waals surface area contributed by atoms with E-state index in [1.807, 2.05) is 0 Å². The maximum atomic E-state index is 13.3. The van der Waals surface area contributed by atoms with Gasteiger partial charge in [0.25, 0.3) is 0 Å². The van der Waals surface area contributed by atoms with Gasteiger partial charge in [0.2, 0.25) is 0 Å². The normalized spacial score (nSPS) is 36.3. The van der Waals surface area contributed by atoms with E-state index in [9.17, 15) is 49.2 Å². The standard InChI is InChI=1S/C22H22O11/c1-7-3-21(5-9(7)11(15(23)24)13(21)17(27)28)19(31)33-20(32)22-4-8(2)10(6-22)12(16(25)26)14(22)18(29)30/h7-10H,3-6H2,1-2H3,(H,23,24)(H,25,26)(H,27,28)(H,29,30). The van der Waals surface area contributed by atoms with Crippen molar-refractivity contribution >= 4 is 35.8 Å². The van der Waals surface area contributed by atoms with Crippen LogP contribution in [0.4, 0.5) is 0 Å². The largest absolute Gasteiger partial charge is 0.478 e. The molecule has 0 radical (unpaired) electrons. The molecule has 6 atom stereocenters. The van der Waals surface area contributed by atoms with E-state index in [0.29, 0.717) is 0 Å². The Morgan fingerprint density at radius 3 is 1.24 bits per heavy atom. The lowest BCUT2D eigenvalue weighted by Crippen LogP contribution is -2.42. The second kappa shape index (κ2) is 7.00. The van der Waals surface area contributed by atoms with Gasteiger partial charge < -0.3 is 25.2 Å². The van der Waals surface area contributed by atoms with E-state index >= 15 is 0 Å². The third-order valence-electron chi connectivity index (χ3n) is 7.94. The molecule has 11 nitrogen and oxygen atoms in total. The van der Waals surface area contributed by atoms with Crippen molar-refractivity contribution in [1.29, 1.82) is 0 Å². The van der Waals surface area contributed by atoms with Crippen LogP contribution in [0.15, 0.2) is 22.3 Å². The molecule has 0 heterocycles. The molecule has 6 unspecified atom stereocenters. The van der Waals surface area contributed by atoms with E-state index in [1.54, 1.807) is 13.8 Å². The first-order valence-corrected chi connectivity index (χ1v) is 10.5. The van der Waals surface area contributed by atoms with Crippen LogP contribution in [0.5, 0.6) is 0 Å². The average Bonchev–Trinajstić information content (AvgIpc) is 3.41. The molecule has 4 N–H and O–H groups in total. The van der Waals surface area contributed by atoms with Crippen molar-refractivity contribution in [1.82, 2.24) is 0 Å². The number of hydrogen-bond donors (Lipinski definition) is 4. The first kappa shape index (κ1) is 22.7. The Balaban J connectivity index is 1.73. The lowest BCUT2D eigenvalue weighted by atomic mass is 9.74. The van der Waals surface area contributed by atoms with Crippen molar-refractivity contribution in [3.63, 3.8) is 0 Å². The van der Waals surface area contributed by atoms with Crippen LogP contribution in [0.3, 0.4) is 0 Å². The Labute approximate surface area is 186 Å². The first-order chi connectivity index (χ1) is 15.3. The molecule has 0 saturated heterocycles. The maximum Gasteiger partial charge on any atom is 0.333 e. The summed E-state index contributed by atoms with van der Waals surface area (Å²) < 4.78 is 5.12. The number of carbonyl (C=O) groups is 6. The zero-order valence-corrected chi connectivity index (χ0v) is 17.8. The van der Waals surface area contributed by atoms with Crippen molar-refractivity contribution in [2.24, 2.45) is 34.5 Å². The highest BCUT2D eigenvalue weighted by molar-refractivity contribution is 6.11. The molecule has 2 fully saturated rings. The zero-order valence-electron chi connectivity index (χ0n) is 17.8. The molecule has 0 aliphatic heterocycles. The molecule has 4 rings (SSSR count). The van der Waals surface area contributed by atoms with Crippen molar-refractivity contribution in [3.05, 3.63) is 22.3 Å². The van der Waals surface area contributed by atoms with Gasteiger partial charge in [0, 0.05) is 0 Å². The van der Waals surface area contributed by atoms with Gasteiger partial charge in [-0.3, -0.25) is 9.59 Å². The predicted molar refractivity (Wildman–Crippen MR) is 104 cm³/mol. The van der Waals surface area contributed by atoms with Gasteiger partial charge in [-0.15, -0.1) is 0 Å². The number of hydrogen-bond acceptors (Lipinski definition) is 7. The number of rotatable bonds is 6. The number of carboxylic acids is 4. The topological polar surface area (TPSA) is 193 Å². The Hall–Kier alpha value is -3.50. The van der Waals surface area contributed by atoms with Crippen LogP contribution in [0, 0.1) is 34.5 Å². The van der Waals surface area contributed by atoms with E-state index in [4.69, 9.17) is 4.74 Å². The van der Waals surface area contributed by atoms with Crippen LogP contribution >= 0.6 is 0 Å². The highest BCUT2D eigenvalue weighted by Crippen LogP contribution is 2.63. The summed E-state index contributed by atoms with van der Waals surface area (Å²) in [6.07, 6.45) is -0.346.